The van der Waals surface area contributed by atoms with E-state index in [2.05, 4.69) is 20.3 Å². The van der Waals surface area contributed by atoms with Crippen LogP contribution in [0.5, 0.6) is 0 Å². The fourth-order valence-corrected chi connectivity index (χ4v) is 2.22. The first-order chi connectivity index (χ1) is 9.60. The van der Waals surface area contributed by atoms with E-state index in [4.69, 9.17) is 0 Å². The molecule has 2 rings (SSSR count). The Kier molecular flexibility index (Phi) is 4.73. The molecule has 5 nitrogen and oxygen atoms in total. The Bertz CT molecular complexity index is 591. The Balaban J connectivity index is 2.33. The van der Waals surface area contributed by atoms with Crippen molar-refractivity contribution in [2.24, 2.45) is 0 Å². The molecule has 106 valence electrons. The van der Waals surface area contributed by atoms with Crippen molar-refractivity contribution in [2.45, 2.75) is 17.0 Å². The average Bonchev–Trinajstić information content (AvgIpc) is 2.41. The normalized spacial score (nSPS) is 10.4. The monoisotopic (exact) mass is 293 g/mol. The summed E-state index contributed by atoms with van der Waals surface area (Å²) in [6, 6.07) is 6.56. The molecule has 0 saturated heterocycles. The van der Waals surface area contributed by atoms with Crippen molar-refractivity contribution in [3.05, 3.63) is 30.1 Å². The Labute approximate surface area is 121 Å². The summed E-state index contributed by atoms with van der Waals surface area (Å²) in [5.41, 5.74) is 0. The standard InChI is InChI=1S/C13H16FN5S/c1-4-15-11-16-12(19(2)3)18-13(17-11)20-10-8-6-5-7-9(10)14/h5-8H,4H2,1-3H3,(H,15,16,17,18). The molecule has 1 heterocycles. The minimum Gasteiger partial charge on any atom is -0.354 e. The van der Waals surface area contributed by atoms with Crippen molar-refractivity contribution in [3.8, 4) is 0 Å². The van der Waals surface area contributed by atoms with Crippen molar-refractivity contribution >= 4 is 23.7 Å². The van der Waals surface area contributed by atoms with E-state index in [1.165, 1.54) is 17.8 Å². The Morgan fingerprint density at radius 1 is 1.20 bits per heavy atom. The van der Waals surface area contributed by atoms with Gasteiger partial charge in [0.1, 0.15) is 5.82 Å². The molecule has 0 saturated carbocycles. The number of benzene rings is 1. The van der Waals surface area contributed by atoms with Crippen LogP contribution in [-0.4, -0.2) is 35.6 Å². The second-order valence-corrected chi connectivity index (χ2v) is 5.21. The molecule has 1 N–H and O–H groups in total. The third-order valence-corrected chi connectivity index (χ3v) is 3.29. The zero-order valence-electron chi connectivity index (χ0n) is 11.6. The number of nitrogens with zero attached hydrogens (tertiary/aromatic N) is 4. The molecular formula is C13H16FN5S. The van der Waals surface area contributed by atoms with E-state index in [1.807, 2.05) is 21.0 Å². The van der Waals surface area contributed by atoms with Crippen LogP contribution in [0.15, 0.2) is 34.3 Å². The van der Waals surface area contributed by atoms with Gasteiger partial charge >= 0.3 is 0 Å². The zero-order valence-corrected chi connectivity index (χ0v) is 12.4. The van der Waals surface area contributed by atoms with E-state index in [1.54, 1.807) is 23.1 Å². The van der Waals surface area contributed by atoms with Gasteiger partial charge in [0.25, 0.3) is 0 Å². The average molecular weight is 293 g/mol. The first kappa shape index (κ1) is 14.5. The van der Waals surface area contributed by atoms with E-state index in [-0.39, 0.29) is 5.82 Å². The Hall–Kier alpha value is -1.89. The van der Waals surface area contributed by atoms with Crippen LogP contribution in [0.1, 0.15) is 6.92 Å². The van der Waals surface area contributed by atoms with Crippen molar-refractivity contribution in [3.63, 3.8) is 0 Å². The SMILES string of the molecule is CCNc1nc(Sc2ccccc2F)nc(N(C)C)n1. The van der Waals surface area contributed by atoms with Gasteiger partial charge in [-0.05, 0) is 30.8 Å². The van der Waals surface area contributed by atoms with Gasteiger partial charge in [0.05, 0.1) is 4.90 Å². The fraction of sp³-hybridized carbons (Fsp3) is 0.308. The third-order valence-electron chi connectivity index (χ3n) is 2.38. The summed E-state index contributed by atoms with van der Waals surface area (Å²) in [6.07, 6.45) is 0. The van der Waals surface area contributed by atoms with Gasteiger partial charge in [0.15, 0.2) is 5.16 Å². The minimum atomic E-state index is -0.283. The maximum absolute atomic E-state index is 13.7. The van der Waals surface area contributed by atoms with Crippen LogP contribution in [0, 0.1) is 5.82 Å². The predicted octanol–water partition coefficient (Wildman–Crippen LogP) is 2.66. The molecule has 0 aliphatic heterocycles. The second kappa shape index (κ2) is 6.51. The molecule has 2 aromatic rings. The summed E-state index contributed by atoms with van der Waals surface area (Å²) in [7, 11) is 3.70. The zero-order chi connectivity index (χ0) is 14.5. The Morgan fingerprint density at radius 2 is 1.95 bits per heavy atom. The van der Waals surface area contributed by atoms with Crippen molar-refractivity contribution in [1.82, 2.24) is 15.0 Å². The summed E-state index contributed by atoms with van der Waals surface area (Å²) >= 11 is 1.18. The molecular weight excluding hydrogens is 277 g/mol. The largest absolute Gasteiger partial charge is 0.354 e. The van der Waals surface area contributed by atoms with Crippen LogP contribution in [0.2, 0.25) is 0 Å². The number of rotatable bonds is 5. The molecule has 0 spiro atoms. The van der Waals surface area contributed by atoms with Crippen molar-refractivity contribution in [1.29, 1.82) is 0 Å². The van der Waals surface area contributed by atoms with Crippen LogP contribution in [-0.2, 0) is 0 Å². The van der Waals surface area contributed by atoms with Crippen LogP contribution in [0.3, 0.4) is 0 Å². The summed E-state index contributed by atoms with van der Waals surface area (Å²) < 4.78 is 13.7. The number of nitrogens with one attached hydrogen (secondary N) is 1. The van der Waals surface area contributed by atoms with Crippen LogP contribution >= 0.6 is 11.8 Å². The molecule has 7 heteroatoms. The van der Waals surface area contributed by atoms with Crippen LogP contribution in [0.25, 0.3) is 0 Å². The van der Waals surface area contributed by atoms with Crippen molar-refractivity contribution in [2.75, 3.05) is 30.9 Å². The first-order valence-corrected chi connectivity index (χ1v) is 7.01. The number of hydrogen-bond acceptors (Lipinski definition) is 6. The van der Waals surface area contributed by atoms with Crippen molar-refractivity contribution < 1.29 is 4.39 Å². The lowest BCUT2D eigenvalue weighted by molar-refractivity contribution is 0.601. The fourth-order valence-electron chi connectivity index (χ4n) is 1.45. The summed E-state index contributed by atoms with van der Waals surface area (Å²) in [4.78, 5) is 15.1. The molecule has 0 amide bonds. The molecule has 0 unspecified atom stereocenters. The predicted molar refractivity (Wildman–Crippen MR) is 78.8 cm³/mol. The Morgan fingerprint density at radius 3 is 2.60 bits per heavy atom. The lowest BCUT2D eigenvalue weighted by Crippen LogP contribution is -2.15. The lowest BCUT2D eigenvalue weighted by Gasteiger charge is -2.12. The molecule has 0 radical (unpaired) electrons. The lowest BCUT2D eigenvalue weighted by atomic mass is 10.4. The van der Waals surface area contributed by atoms with E-state index in [0.29, 0.717) is 28.5 Å². The van der Waals surface area contributed by atoms with E-state index in [9.17, 15) is 4.39 Å². The molecule has 0 fully saturated rings. The van der Waals surface area contributed by atoms with Gasteiger partial charge < -0.3 is 10.2 Å². The number of halogens is 1. The van der Waals surface area contributed by atoms with Gasteiger partial charge in [-0.25, -0.2) is 4.39 Å². The molecule has 0 aliphatic carbocycles. The number of aromatic nitrogens is 3. The molecule has 1 aromatic heterocycles. The quantitative estimate of drug-likeness (QED) is 0.914. The number of anilines is 2. The summed E-state index contributed by atoms with van der Waals surface area (Å²) in [6.45, 7) is 2.67. The molecule has 0 bridgehead atoms. The van der Waals surface area contributed by atoms with Gasteiger partial charge in [-0.15, -0.1) is 0 Å². The first-order valence-electron chi connectivity index (χ1n) is 6.19. The molecule has 1 aromatic carbocycles. The van der Waals surface area contributed by atoms with Gasteiger partial charge in [-0.1, -0.05) is 12.1 Å². The minimum absolute atomic E-state index is 0.283. The molecule has 0 atom stereocenters. The highest BCUT2D eigenvalue weighted by Crippen LogP contribution is 2.28. The van der Waals surface area contributed by atoms with Gasteiger partial charge in [0.2, 0.25) is 11.9 Å². The third kappa shape index (κ3) is 3.57. The van der Waals surface area contributed by atoms with Gasteiger partial charge in [-0.2, -0.15) is 15.0 Å². The summed E-state index contributed by atoms with van der Waals surface area (Å²) in [5.74, 6) is 0.745. The van der Waals surface area contributed by atoms with E-state index in [0.717, 1.165) is 0 Å². The van der Waals surface area contributed by atoms with E-state index >= 15 is 0 Å². The molecule has 20 heavy (non-hydrogen) atoms. The van der Waals surface area contributed by atoms with E-state index < -0.39 is 0 Å². The van der Waals surface area contributed by atoms with Gasteiger partial charge in [-0.3, -0.25) is 0 Å². The van der Waals surface area contributed by atoms with Gasteiger partial charge in [0, 0.05) is 20.6 Å². The maximum atomic E-state index is 13.7. The smallest absolute Gasteiger partial charge is 0.230 e. The van der Waals surface area contributed by atoms with Crippen LogP contribution < -0.4 is 10.2 Å². The highest BCUT2D eigenvalue weighted by Gasteiger charge is 2.11. The second-order valence-electron chi connectivity index (χ2n) is 4.20. The van der Waals surface area contributed by atoms with Crippen LogP contribution in [0.4, 0.5) is 16.3 Å². The topological polar surface area (TPSA) is 53.9 Å². The summed E-state index contributed by atoms with van der Waals surface area (Å²) in [5, 5.41) is 3.51. The highest BCUT2D eigenvalue weighted by atomic mass is 32.2. The molecule has 0 aliphatic rings. The maximum Gasteiger partial charge on any atom is 0.230 e. The highest BCUT2D eigenvalue weighted by molar-refractivity contribution is 7.99. The number of hydrogen-bond donors (Lipinski definition) is 1.